The summed E-state index contributed by atoms with van der Waals surface area (Å²) in [4.78, 5) is 26.0. The Morgan fingerprint density at radius 2 is 2.05 bits per heavy atom. The Balaban J connectivity index is 2.66. The van der Waals surface area contributed by atoms with E-state index < -0.39 is 5.41 Å². The van der Waals surface area contributed by atoms with Crippen LogP contribution in [-0.4, -0.2) is 41.9 Å². The van der Waals surface area contributed by atoms with Gasteiger partial charge in [0.2, 0.25) is 11.8 Å². The first-order chi connectivity index (χ1) is 8.90. The smallest absolute Gasteiger partial charge is 0.227 e. The van der Waals surface area contributed by atoms with Crippen LogP contribution in [0.1, 0.15) is 47.0 Å². The monoisotopic (exact) mass is 269 g/mol. The van der Waals surface area contributed by atoms with Crippen molar-refractivity contribution in [1.29, 1.82) is 0 Å². The first-order valence-electron chi connectivity index (χ1n) is 7.20. The number of hydrogen-bond donors (Lipinski definition) is 2. The third-order valence-electron chi connectivity index (χ3n) is 4.34. The third kappa shape index (κ3) is 3.26. The number of rotatable bonds is 6. The van der Waals surface area contributed by atoms with Crippen molar-refractivity contribution < 1.29 is 9.59 Å². The number of amides is 2. The van der Waals surface area contributed by atoms with Gasteiger partial charge in [0.15, 0.2) is 0 Å². The number of nitrogens with one attached hydrogen (secondary N) is 1. The molecule has 0 bridgehead atoms. The SMILES string of the molecule is CCC(CC)(CN)C(=O)NC1CC(=O)N(C(C)C)C1. The molecular formula is C14H27N3O2. The fourth-order valence-electron chi connectivity index (χ4n) is 2.62. The molecule has 1 aliphatic rings. The lowest BCUT2D eigenvalue weighted by atomic mass is 9.81. The van der Waals surface area contributed by atoms with Crippen molar-refractivity contribution in [2.24, 2.45) is 11.1 Å². The normalized spacial score (nSPS) is 20.2. The molecule has 1 heterocycles. The second-order valence-electron chi connectivity index (χ2n) is 5.71. The predicted octanol–water partition coefficient (Wildman–Crippen LogP) is 0.877. The highest BCUT2D eigenvalue weighted by molar-refractivity contribution is 5.85. The van der Waals surface area contributed by atoms with E-state index in [9.17, 15) is 9.59 Å². The first-order valence-corrected chi connectivity index (χ1v) is 7.20. The molecule has 1 fully saturated rings. The number of nitrogens with two attached hydrogens (primary N) is 1. The van der Waals surface area contributed by atoms with E-state index in [-0.39, 0.29) is 23.9 Å². The Morgan fingerprint density at radius 1 is 1.47 bits per heavy atom. The van der Waals surface area contributed by atoms with Crippen molar-refractivity contribution in [2.75, 3.05) is 13.1 Å². The van der Waals surface area contributed by atoms with Crippen molar-refractivity contribution in [3.8, 4) is 0 Å². The molecule has 5 nitrogen and oxygen atoms in total. The molecule has 1 saturated heterocycles. The highest BCUT2D eigenvalue weighted by Crippen LogP contribution is 2.26. The maximum atomic E-state index is 12.4. The van der Waals surface area contributed by atoms with E-state index in [2.05, 4.69) is 5.32 Å². The van der Waals surface area contributed by atoms with Crippen LogP contribution >= 0.6 is 0 Å². The van der Waals surface area contributed by atoms with E-state index in [1.807, 2.05) is 32.6 Å². The number of hydrogen-bond acceptors (Lipinski definition) is 3. The zero-order chi connectivity index (χ0) is 14.6. The molecule has 0 aromatic rings. The van der Waals surface area contributed by atoms with Crippen molar-refractivity contribution in [2.45, 2.75) is 59.0 Å². The fourth-order valence-corrected chi connectivity index (χ4v) is 2.62. The summed E-state index contributed by atoms with van der Waals surface area (Å²) in [6.07, 6.45) is 1.85. The first kappa shape index (κ1) is 16.0. The molecule has 0 saturated carbocycles. The zero-order valence-electron chi connectivity index (χ0n) is 12.5. The molecule has 110 valence electrons. The standard InChI is InChI=1S/C14H27N3O2/c1-5-14(6-2,9-15)13(19)16-11-7-12(18)17(8-11)10(3)4/h10-11H,5-9,15H2,1-4H3,(H,16,19). The lowest BCUT2D eigenvalue weighted by Gasteiger charge is -2.30. The maximum Gasteiger partial charge on any atom is 0.227 e. The molecule has 0 radical (unpaired) electrons. The van der Waals surface area contributed by atoms with Crippen molar-refractivity contribution in [1.82, 2.24) is 10.2 Å². The summed E-state index contributed by atoms with van der Waals surface area (Å²) >= 11 is 0. The number of carbonyl (C=O) groups excluding carboxylic acids is 2. The van der Waals surface area contributed by atoms with E-state index in [0.29, 0.717) is 19.5 Å². The summed E-state index contributed by atoms with van der Waals surface area (Å²) in [5.41, 5.74) is 5.28. The van der Waals surface area contributed by atoms with Crippen LogP contribution in [0.3, 0.4) is 0 Å². The molecular weight excluding hydrogens is 242 g/mol. The zero-order valence-corrected chi connectivity index (χ0v) is 12.5. The van der Waals surface area contributed by atoms with Crippen molar-refractivity contribution in [3.63, 3.8) is 0 Å². The summed E-state index contributed by atoms with van der Waals surface area (Å²) in [6, 6.07) is 0.109. The summed E-state index contributed by atoms with van der Waals surface area (Å²) in [6.45, 7) is 8.90. The molecule has 1 rings (SSSR count). The van der Waals surface area contributed by atoms with Gasteiger partial charge in [0.05, 0.1) is 11.5 Å². The Labute approximate surface area is 115 Å². The van der Waals surface area contributed by atoms with Crippen LogP contribution in [0.2, 0.25) is 0 Å². The number of nitrogens with zero attached hydrogens (tertiary/aromatic N) is 1. The topological polar surface area (TPSA) is 75.4 Å². The van der Waals surface area contributed by atoms with Gasteiger partial charge in [-0.25, -0.2) is 0 Å². The summed E-state index contributed by atoms with van der Waals surface area (Å²) < 4.78 is 0. The van der Waals surface area contributed by atoms with Gasteiger partial charge in [-0.3, -0.25) is 9.59 Å². The summed E-state index contributed by atoms with van der Waals surface area (Å²) in [5, 5.41) is 3.01. The Hall–Kier alpha value is -1.10. The minimum atomic E-state index is -0.492. The van der Waals surface area contributed by atoms with Gasteiger partial charge in [-0.15, -0.1) is 0 Å². The van der Waals surface area contributed by atoms with Gasteiger partial charge in [-0.05, 0) is 26.7 Å². The Morgan fingerprint density at radius 3 is 2.42 bits per heavy atom. The predicted molar refractivity (Wildman–Crippen MR) is 75.5 cm³/mol. The Bertz CT molecular complexity index is 329. The van der Waals surface area contributed by atoms with Crippen LogP contribution in [0.25, 0.3) is 0 Å². The van der Waals surface area contributed by atoms with Gasteiger partial charge in [0.25, 0.3) is 0 Å². The quantitative estimate of drug-likeness (QED) is 0.751. The lowest BCUT2D eigenvalue weighted by molar-refractivity contribution is -0.131. The minimum Gasteiger partial charge on any atom is -0.351 e. The maximum absolute atomic E-state index is 12.4. The molecule has 19 heavy (non-hydrogen) atoms. The average Bonchev–Trinajstić information content (AvgIpc) is 2.73. The Kier molecular flexibility index (Phi) is 5.35. The van der Waals surface area contributed by atoms with Crippen LogP contribution in [0.4, 0.5) is 0 Å². The largest absolute Gasteiger partial charge is 0.351 e. The number of carbonyl (C=O) groups is 2. The lowest BCUT2D eigenvalue weighted by Crippen LogP contribution is -2.49. The highest BCUT2D eigenvalue weighted by atomic mass is 16.2. The van der Waals surface area contributed by atoms with Gasteiger partial charge in [-0.2, -0.15) is 0 Å². The third-order valence-corrected chi connectivity index (χ3v) is 4.34. The van der Waals surface area contributed by atoms with Gasteiger partial charge >= 0.3 is 0 Å². The van der Waals surface area contributed by atoms with Gasteiger partial charge in [-0.1, -0.05) is 13.8 Å². The van der Waals surface area contributed by atoms with E-state index in [4.69, 9.17) is 5.73 Å². The molecule has 1 atom stereocenters. The second-order valence-corrected chi connectivity index (χ2v) is 5.71. The van der Waals surface area contributed by atoms with Crippen LogP contribution in [0.15, 0.2) is 0 Å². The number of likely N-dealkylation sites (tertiary alicyclic amines) is 1. The molecule has 5 heteroatoms. The molecule has 0 aromatic heterocycles. The van der Waals surface area contributed by atoms with Crippen molar-refractivity contribution in [3.05, 3.63) is 0 Å². The van der Waals surface area contributed by atoms with Crippen LogP contribution in [0, 0.1) is 5.41 Å². The van der Waals surface area contributed by atoms with Gasteiger partial charge in [0, 0.05) is 25.6 Å². The van der Waals surface area contributed by atoms with Crippen LogP contribution in [-0.2, 0) is 9.59 Å². The van der Waals surface area contributed by atoms with E-state index in [1.165, 1.54) is 0 Å². The molecule has 0 aromatic carbocycles. The molecule has 2 amide bonds. The molecule has 0 spiro atoms. The van der Waals surface area contributed by atoms with E-state index in [1.54, 1.807) is 0 Å². The van der Waals surface area contributed by atoms with Crippen LogP contribution in [0.5, 0.6) is 0 Å². The van der Waals surface area contributed by atoms with E-state index >= 15 is 0 Å². The van der Waals surface area contributed by atoms with E-state index in [0.717, 1.165) is 12.8 Å². The van der Waals surface area contributed by atoms with Gasteiger partial charge < -0.3 is 16.0 Å². The summed E-state index contributed by atoms with van der Waals surface area (Å²) in [5.74, 6) is 0.107. The fraction of sp³-hybridized carbons (Fsp3) is 0.857. The molecule has 0 aliphatic carbocycles. The average molecular weight is 269 g/mol. The van der Waals surface area contributed by atoms with Crippen LogP contribution < -0.4 is 11.1 Å². The highest BCUT2D eigenvalue weighted by Gasteiger charge is 2.38. The molecule has 1 aliphatic heterocycles. The minimum absolute atomic E-state index is 0.0107. The molecule has 3 N–H and O–H groups in total. The van der Waals surface area contributed by atoms with Crippen molar-refractivity contribution >= 4 is 11.8 Å². The summed E-state index contributed by atoms with van der Waals surface area (Å²) in [7, 11) is 0. The molecule has 1 unspecified atom stereocenters. The van der Waals surface area contributed by atoms with Gasteiger partial charge in [0.1, 0.15) is 0 Å². The second kappa shape index (κ2) is 6.37.